The highest BCUT2D eigenvalue weighted by Gasteiger charge is 2.42. The molecule has 78 valence electrons. The Balaban J connectivity index is 2.66. The molecule has 0 aromatic heterocycles. The van der Waals surface area contributed by atoms with Crippen LogP contribution in [-0.4, -0.2) is 49.2 Å². The Hall–Kier alpha value is -0.270. The van der Waals surface area contributed by atoms with Crippen LogP contribution >= 0.6 is 0 Å². The van der Waals surface area contributed by atoms with Gasteiger partial charge < -0.3 is 5.11 Å². The summed E-state index contributed by atoms with van der Waals surface area (Å²) in [6.45, 7) is -1.45. The molecule has 0 unspecified atom stereocenters. The van der Waals surface area contributed by atoms with Gasteiger partial charge in [0.05, 0.1) is 18.9 Å². The Labute approximate surface area is 75.2 Å². The topological polar surface area (TPSA) is 57.6 Å². The van der Waals surface area contributed by atoms with E-state index in [1.807, 2.05) is 0 Å². The predicted molar refractivity (Wildman–Crippen MR) is 42.0 cm³/mol. The minimum Gasteiger partial charge on any atom is -0.395 e. The SMILES string of the molecule is O=S(=O)(CCO)N1CCC(F)(F)C1. The van der Waals surface area contributed by atoms with E-state index in [4.69, 9.17) is 5.11 Å². The van der Waals surface area contributed by atoms with Crippen molar-refractivity contribution in [2.45, 2.75) is 12.3 Å². The van der Waals surface area contributed by atoms with Crippen molar-refractivity contribution in [3.8, 4) is 0 Å². The van der Waals surface area contributed by atoms with Gasteiger partial charge in [-0.25, -0.2) is 17.2 Å². The molecule has 1 aliphatic rings. The maximum absolute atomic E-state index is 12.6. The number of aliphatic hydroxyl groups is 1. The molecule has 1 rings (SSSR count). The summed E-state index contributed by atoms with van der Waals surface area (Å²) in [5.74, 6) is -3.40. The van der Waals surface area contributed by atoms with Gasteiger partial charge in [0.25, 0.3) is 5.92 Å². The molecule has 1 heterocycles. The molecule has 7 heteroatoms. The van der Waals surface area contributed by atoms with Crippen LogP contribution in [-0.2, 0) is 10.0 Å². The minimum absolute atomic E-state index is 0.157. The highest BCUT2D eigenvalue weighted by atomic mass is 32.2. The predicted octanol–water partition coefficient (Wildman–Crippen LogP) is -0.350. The first-order chi connectivity index (χ1) is 5.87. The molecule has 0 saturated carbocycles. The molecule has 0 spiro atoms. The lowest BCUT2D eigenvalue weighted by Crippen LogP contribution is -2.34. The third-order valence-electron chi connectivity index (χ3n) is 1.88. The van der Waals surface area contributed by atoms with Crippen LogP contribution in [0.3, 0.4) is 0 Å². The first-order valence-electron chi connectivity index (χ1n) is 3.84. The van der Waals surface area contributed by atoms with E-state index in [1.54, 1.807) is 0 Å². The van der Waals surface area contributed by atoms with E-state index in [0.29, 0.717) is 0 Å². The summed E-state index contributed by atoms with van der Waals surface area (Å²) in [5.41, 5.74) is 0. The highest BCUT2D eigenvalue weighted by molar-refractivity contribution is 7.89. The monoisotopic (exact) mass is 215 g/mol. The first-order valence-corrected chi connectivity index (χ1v) is 5.45. The average Bonchev–Trinajstić information content (AvgIpc) is 2.30. The van der Waals surface area contributed by atoms with Crippen molar-refractivity contribution in [1.29, 1.82) is 0 Å². The number of rotatable bonds is 3. The molecule has 0 bridgehead atoms. The van der Waals surface area contributed by atoms with E-state index in [1.165, 1.54) is 0 Å². The fourth-order valence-electron chi connectivity index (χ4n) is 1.19. The molecule has 1 fully saturated rings. The zero-order chi connectivity index (χ0) is 10.1. The third kappa shape index (κ3) is 2.58. The van der Waals surface area contributed by atoms with Gasteiger partial charge in [-0.15, -0.1) is 0 Å². The van der Waals surface area contributed by atoms with Crippen molar-refractivity contribution in [3.05, 3.63) is 0 Å². The van der Waals surface area contributed by atoms with Gasteiger partial charge in [0.1, 0.15) is 0 Å². The smallest absolute Gasteiger partial charge is 0.262 e. The Morgan fingerprint density at radius 3 is 2.46 bits per heavy atom. The average molecular weight is 215 g/mol. The molecule has 13 heavy (non-hydrogen) atoms. The second-order valence-corrected chi connectivity index (χ2v) is 5.07. The van der Waals surface area contributed by atoms with E-state index < -0.39 is 41.3 Å². The van der Waals surface area contributed by atoms with E-state index in [-0.39, 0.29) is 6.54 Å². The number of alkyl halides is 2. The summed E-state index contributed by atoms with van der Waals surface area (Å²) in [5, 5.41) is 8.40. The lowest BCUT2D eigenvalue weighted by molar-refractivity contribution is 0.0183. The normalized spacial score (nSPS) is 23.6. The van der Waals surface area contributed by atoms with Gasteiger partial charge in [0.2, 0.25) is 10.0 Å². The molecule has 0 aliphatic carbocycles. The zero-order valence-corrected chi connectivity index (χ0v) is 7.73. The maximum atomic E-state index is 12.6. The number of sulfonamides is 1. The van der Waals surface area contributed by atoms with Gasteiger partial charge >= 0.3 is 0 Å². The van der Waals surface area contributed by atoms with Crippen LogP contribution in [0.5, 0.6) is 0 Å². The van der Waals surface area contributed by atoms with Crippen LogP contribution in [0.2, 0.25) is 0 Å². The van der Waals surface area contributed by atoms with Crippen molar-refractivity contribution in [2.24, 2.45) is 0 Å². The van der Waals surface area contributed by atoms with E-state index in [9.17, 15) is 17.2 Å². The lowest BCUT2D eigenvalue weighted by Gasteiger charge is -2.14. The second kappa shape index (κ2) is 3.47. The molecule has 1 N–H and O–H groups in total. The van der Waals surface area contributed by atoms with Gasteiger partial charge in [0, 0.05) is 13.0 Å². The maximum Gasteiger partial charge on any atom is 0.262 e. The Bertz CT molecular complexity index is 278. The van der Waals surface area contributed by atoms with Crippen LogP contribution in [0.15, 0.2) is 0 Å². The van der Waals surface area contributed by atoms with Crippen LogP contribution < -0.4 is 0 Å². The molecule has 1 saturated heterocycles. The fourth-order valence-corrected chi connectivity index (χ4v) is 2.43. The Morgan fingerprint density at radius 2 is 2.08 bits per heavy atom. The quantitative estimate of drug-likeness (QED) is 0.700. The van der Waals surface area contributed by atoms with Gasteiger partial charge in [0.15, 0.2) is 0 Å². The molecule has 0 atom stereocenters. The highest BCUT2D eigenvalue weighted by Crippen LogP contribution is 2.28. The Kier molecular flexibility index (Phi) is 2.88. The molecule has 0 aromatic carbocycles. The summed E-state index contributed by atoms with van der Waals surface area (Å²) >= 11 is 0. The molecular formula is C6H11F2NO3S. The fraction of sp³-hybridized carbons (Fsp3) is 1.00. The molecule has 1 aliphatic heterocycles. The molecule has 0 amide bonds. The van der Waals surface area contributed by atoms with Crippen LogP contribution in [0, 0.1) is 0 Å². The van der Waals surface area contributed by atoms with E-state index in [2.05, 4.69) is 0 Å². The molecular weight excluding hydrogens is 204 g/mol. The second-order valence-electron chi connectivity index (χ2n) is 2.98. The molecule has 0 radical (unpaired) electrons. The van der Waals surface area contributed by atoms with Gasteiger partial charge in [-0.3, -0.25) is 0 Å². The number of nitrogens with zero attached hydrogens (tertiary/aromatic N) is 1. The third-order valence-corrected chi connectivity index (χ3v) is 3.67. The van der Waals surface area contributed by atoms with Crippen LogP contribution in [0.1, 0.15) is 6.42 Å². The number of halogens is 2. The van der Waals surface area contributed by atoms with Crippen molar-refractivity contribution < 1.29 is 22.3 Å². The van der Waals surface area contributed by atoms with Crippen molar-refractivity contribution in [2.75, 3.05) is 25.4 Å². The molecule has 0 aromatic rings. The zero-order valence-electron chi connectivity index (χ0n) is 6.91. The largest absolute Gasteiger partial charge is 0.395 e. The summed E-state index contributed by atoms with van der Waals surface area (Å²) in [6, 6.07) is 0. The van der Waals surface area contributed by atoms with Gasteiger partial charge in [-0.05, 0) is 0 Å². The Morgan fingerprint density at radius 1 is 1.46 bits per heavy atom. The van der Waals surface area contributed by atoms with Crippen LogP contribution in [0.4, 0.5) is 8.78 Å². The first kappa shape index (κ1) is 10.8. The van der Waals surface area contributed by atoms with E-state index >= 15 is 0 Å². The number of aliphatic hydroxyl groups excluding tert-OH is 1. The summed E-state index contributed by atoms with van der Waals surface area (Å²) in [4.78, 5) is 0. The lowest BCUT2D eigenvalue weighted by atomic mass is 10.3. The van der Waals surface area contributed by atoms with Crippen molar-refractivity contribution in [3.63, 3.8) is 0 Å². The molecule has 4 nitrogen and oxygen atoms in total. The van der Waals surface area contributed by atoms with Gasteiger partial charge in [-0.2, -0.15) is 4.31 Å². The standard InChI is InChI=1S/C6H11F2NO3S/c7-6(8)1-2-9(5-6)13(11,12)4-3-10/h10H,1-5H2. The summed E-state index contributed by atoms with van der Waals surface area (Å²) in [7, 11) is -3.68. The van der Waals surface area contributed by atoms with Crippen molar-refractivity contribution in [1.82, 2.24) is 4.31 Å². The number of hydrogen-bond acceptors (Lipinski definition) is 3. The summed E-state index contributed by atoms with van der Waals surface area (Å²) < 4.78 is 48.2. The van der Waals surface area contributed by atoms with Crippen molar-refractivity contribution >= 4 is 10.0 Å². The van der Waals surface area contributed by atoms with E-state index in [0.717, 1.165) is 4.31 Å². The minimum atomic E-state index is -3.68. The summed E-state index contributed by atoms with van der Waals surface area (Å²) in [6.07, 6.45) is -0.433. The van der Waals surface area contributed by atoms with Crippen LogP contribution in [0.25, 0.3) is 0 Å². The number of hydrogen-bond donors (Lipinski definition) is 1. The van der Waals surface area contributed by atoms with Gasteiger partial charge in [-0.1, -0.05) is 0 Å².